The first-order chi connectivity index (χ1) is 45.8. The van der Waals surface area contributed by atoms with Gasteiger partial charge in [0.15, 0.2) is 0 Å². The molecule has 15 rings (SSSR count). The Hall–Kier alpha value is -9.90. The van der Waals surface area contributed by atoms with Crippen LogP contribution in [0.25, 0.3) is 89.0 Å². The van der Waals surface area contributed by atoms with Crippen molar-refractivity contribution in [2.45, 2.75) is 59.2 Å². The highest BCUT2D eigenvalue weighted by Crippen LogP contribution is 2.55. The van der Waals surface area contributed by atoms with E-state index in [4.69, 9.17) is 23.2 Å². The average Bonchev–Trinajstić information content (AvgIpc) is 0.689. The van der Waals surface area contributed by atoms with Gasteiger partial charge >= 0.3 is 0 Å². The molecule has 13 aromatic carbocycles. The first kappa shape index (κ1) is 55.0. The molecular formula is C87H69BCl2N2. The Balaban J connectivity index is 1.05. The topological polar surface area (TPSA) is 6.48 Å². The second-order valence-electron chi connectivity index (χ2n) is 26.6. The molecule has 0 aliphatic carbocycles. The van der Waals surface area contributed by atoms with Crippen molar-refractivity contribution < 1.29 is 4.11 Å². The normalized spacial score (nSPS) is 13.2. The standard InChI is InChI=1S/C87H69BCl2N2/c1-56-44-81-83-82(45-56)92(85-74(60-30-18-11-19-31-60)51-70(87(5,6)7)53-76(85)68-39-23-37-66(49-68)64-35-21-33-62(47-64)58-26-14-9-15-27-58)80-55-72(90)41-43-78(80)88(83)77-42-40-71(89)54-79(77)91(81)84-73(59-28-16-10-17-29-59)50-69(86(2,3)4)52-75(84)67-38-22-36-65(48-67)63-34-20-32-61(46-63)57-24-12-8-13-25-57/h8-55H,1-7H3/i1D3. The van der Waals surface area contributed by atoms with Crippen LogP contribution in [0.3, 0.4) is 0 Å². The SMILES string of the molecule is [2H]C([2H])([2H])c1cc2c3c(c1)N(c1c(-c4ccccc4)cc(C(C)(C)C)cc1-c1cccc(-c4cccc(-c5ccccc5)c4)c1)c1cc(Cl)ccc1B3c1ccc(Cl)cc1N2c1c(-c2ccccc2)cc(C(C)(C)C)cc1-c1cccc(-c2cccc(-c3ccccc3)c2)c1. The van der Waals surface area contributed by atoms with Crippen molar-refractivity contribution in [2.75, 3.05) is 9.80 Å². The van der Waals surface area contributed by atoms with E-state index in [1.807, 2.05) is 24.3 Å². The molecule has 2 aliphatic heterocycles. The number of benzene rings is 13. The zero-order valence-electron chi connectivity index (χ0n) is 55.4. The molecule has 0 fully saturated rings. The molecule has 0 amide bonds. The van der Waals surface area contributed by atoms with E-state index in [1.54, 1.807) is 0 Å². The Labute approximate surface area is 557 Å². The average molecular weight is 1230 g/mol. The fourth-order valence-corrected chi connectivity index (χ4v) is 14.2. The first-order valence-electron chi connectivity index (χ1n) is 33.2. The fourth-order valence-electron chi connectivity index (χ4n) is 13.9. The number of anilines is 6. The number of hydrogen-bond acceptors (Lipinski definition) is 2. The molecule has 0 radical (unpaired) electrons. The Morgan fingerprint density at radius 1 is 0.293 bits per heavy atom. The van der Waals surface area contributed by atoms with Gasteiger partial charge < -0.3 is 9.80 Å². The van der Waals surface area contributed by atoms with Gasteiger partial charge in [0.25, 0.3) is 6.71 Å². The van der Waals surface area contributed by atoms with Crippen LogP contribution in [0.5, 0.6) is 0 Å². The molecule has 2 nitrogen and oxygen atoms in total. The summed E-state index contributed by atoms with van der Waals surface area (Å²) in [5.74, 6) is 0. The lowest BCUT2D eigenvalue weighted by Crippen LogP contribution is -2.61. The van der Waals surface area contributed by atoms with Crippen molar-refractivity contribution in [1.82, 2.24) is 0 Å². The summed E-state index contributed by atoms with van der Waals surface area (Å²) in [6, 6.07) is 103. The minimum atomic E-state index is -2.57. The van der Waals surface area contributed by atoms with E-state index in [0.29, 0.717) is 10.0 Å². The molecule has 0 N–H and O–H groups in total. The third-order valence-corrected chi connectivity index (χ3v) is 19.0. The van der Waals surface area contributed by atoms with Crippen LogP contribution in [0.1, 0.15) is 62.3 Å². The Morgan fingerprint density at radius 2 is 0.587 bits per heavy atom. The molecule has 0 aromatic heterocycles. The quantitative estimate of drug-likeness (QED) is 0.126. The van der Waals surface area contributed by atoms with Gasteiger partial charge in [0.05, 0.1) is 11.4 Å². The zero-order valence-corrected chi connectivity index (χ0v) is 54.0. The van der Waals surface area contributed by atoms with E-state index in [0.717, 1.165) is 151 Å². The smallest absolute Gasteiger partial charge is 0.252 e. The minimum Gasteiger partial charge on any atom is -0.310 e. The zero-order chi connectivity index (χ0) is 65.5. The van der Waals surface area contributed by atoms with Crippen molar-refractivity contribution in [3.8, 4) is 89.0 Å². The molecule has 5 heteroatoms. The van der Waals surface area contributed by atoms with Gasteiger partial charge in [0.1, 0.15) is 0 Å². The van der Waals surface area contributed by atoms with Crippen molar-refractivity contribution in [1.29, 1.82) is 0 Å². The van der Waals surface area contributed by atoms with E-state index in [-0.39, 0.29) is 16.4 Å². The summed E-state index contributed by atoms with van der Waals surface area (Å²) in [5, 5.41) is 1.11. The van der Waals surface area contributed by atoms with Gasteiger partial charge in [0.2, 0.25) is 0 Å². The summed E-state index contributed by atoms with van der Waals surface area (Å²) in [7, 11) is 0. The van der Waals surface area contributed by atoms with Gasteiger partial charge in [-0.15, -0.1) is 0 Å². The Morgan fingerprint density at radius 3 is 0.924 bits per heavy atom. The lowest BCUT2D eigenvalue weighted by molar-refractivity contribution is 0.590. The van der Waals surface area contributed by atoms with Crippen LogP contribution < -0.4 is 26.2 Å². The number of fused-ring (bicyclic) bond motifs is 4. The number of hydrogen-bond donors (Lipinski definition) is 0. The molecule has 2 heterocycles. The molecule has 0 saturated carbocycles. The van der Waals surface area contributed by atoms with Crippen LogP contribution in [0.15, 0.2) is 291 Å². The molecule has 444 valence electrons. The second kappa shape index (κ2) is 23.4. The number of nitrogens with zero attached hydrogens (tertiary/aromatic N) is 2. The van der Waals surface area contributed by atoms with Crippen LogP contribution in [-0.4, -0.2) is 6.71 Å². The molecule has 92 heavy (non-hydrogen) atoms. The molecule has 2 aliphatic rings. The number of rotatable bonds is 10. The summed E-state index contributed by atoms with van der Waals surface area (Å²) >= 11 is 14.8. The summed E-state index contributed by atoms with van der Waals surface area (Å²) in [6.07, 6.45) is 0. The van der Waals surface area contributed by atoms with Gasteiger partial charge in [-0.05, 0) is 202 Å². The summed E-state index contributed by atoms with van der Waals surface area (Å²) in [6.45, 7) is 10.6. The molecule has 13 aromatic rings. The van der Waals surface area contributed by atoms with Crippen molar-refractivity contribution in [2.24, 2.45) is 0 Å². The maximum atomic E-state index is 9.63. The minimum absolute atomic E-state index is 0.194. The highest BCUT2D eigenvalue weighted by Gasteiger charge is 2.45. The Kier molecular flexibility index (Phi) is 14.0. The number of aryl methyl sites for hydroxylation is 1. The molecule has 0 atom stereocenters. The molecular weight excluding hydrogens is 1150 g/mol. The van der Waals surface area contributed by atoms with Crippen LogP contribution in [0.4, 0.5) is 34.1 Å². The van der Waals surface area contributed by atoms with E-state index in [1.165, 1.54) is 0 Å². The third kappa shape index (κ3) is 10.7. The van der Waals surface area contributed by atoms with Gasteiger partial charge in [-0.25, -0.2) is 0 Å². The van der Waals surface area contributed by atoms with Crippen LogP contribution in [0, 0.1) is 6.85 Å². The lowest BCUT2D eigenvalue weighted by atomic mass is 9.33. The van der Waals surface area contributed by atoms with E-state index in [9.17, 15) is 4.11 Å². The molecule has 0 bridgehead atoms. The maximum Gasteiger partial charge on any atom is 0.252 e. The van der Waals surface area contributed by atoms with Gasteiger partial charge in [0, 0.05) is 59.2 Å². The summed E-state index contributed by atoms with van der Waals surface area (Å²) < 4.78 is 28.9. The summed E-state index contributed by atoms with van der Waals surface area (Å²) in [5.41, 5.74) is 26.7. The highest BCUT2D eigenvalue weighted by atomic mass is 35.5. The second-order valence-corrected chi connectivity index (χ2v) is 27.4. The molecule has 0 spiro atoms. The van der Waals surface area contributed by atoms with Crippen LogP contribution in [-0.2, 0) is 10.8 Å². The monoisotopic (exact) mass is 1230 g/mol. The predicted molar refractivity (Wildman–Crippen MR) is 396 cm³/mol. The third-order valence-electron chi connectivity index (χ3n) is 18.5. The van der Waals surface area contributed by atoms with Gasteiger partial charge in [-0.2, -0.15) is 0 Å². The Bertz CT molecular complexity index is 4800. The molecule has 0 saturated heterocycles. The van der Waals surface area contributed by atoms with Crippen molar-refractivity contribution >= 4 is 80.4 Å². The van der Waals surface area contributed by atoms with E-state index >= 15 is 0 Å². The van der Waals surface area contributed by atoms with Crippen molar-refractivity contribution in [3.05, 3.63) is 318 Å². The molecule has 0 unspecified atom stereocenters. The summed E-state index contributed by atoms with van der Waals surface area (Å²) in [4.78, 5) is 4.71. The maximum absolute atomic E-state index is 9.63. The highest BCUT2D eigenvalue weighted by molar-refractivity contribution is 7.00. The largest absolute Gasteiger partial charge is 0.310 e. The van der Waals surface area contributed by atoms with Gasteiger partial charge in [-0.3, -0.25) is 0 Å². The van der Waals surface area contributed by atoms with Crippen LogP contribution >= 0.6 is 23.2 Å². The fraction of sp³-hybridized carbons (Fsp3) is 0.103. The lowest BCUT2D eigenvalue weighted by Gasteiger charge is -2.46. The van der Waals surface area contributed by atoms with Crippen molar-refractivity contribution in [3.63, 3.8) is 0 Å². The van der Waals surface area contributed by atoms with Gasteiger partial charge in [-0.1, -0.05) is 271 Å². The van der Waals surface area contributed by atoms with E-state index < -0.39 is 13.6 Å². The van der Waals surface area contributed by atoms with E-state index in [2.05, 4.69) is 318 Å². The number of halogens is 2. The first-order valence-corrected chi connectivity index (χ1v) is 32.5. The predicted octanol–water partition coefficient (Wildman–Crippen LogP) is 23.3. The van der Waals surface area contributed by atoms with Crippen LogP contribution in [0.2, 0.25) is 10.0 Å².